The molecule has 0 aromatic heterocycles. The molecule has 3 aromatic rings. The summed E-state index contributed by atoms with van der Waals surface area (Å²) in [6.45, 7) is 20.4. The fourth-order valence-electron chi connectivity index (χ4n) is 3.65. The maximum Gasteiger partial charge on any atom is -0.147 e. The summed E-state index contributed by atoms with van der Waals surface area (Å²) in [5.41, 5.74) is 4.83. The van der Waals surface area contributed by atoms with Gasteiger partial charge in [-0.15, -0.1) is 71.0 Å². The van der Waals surface area contributed by atoms with Gasteiger partial charge in [0.15, 0.2) is 0 Å². The van der Waals surface area contributed by atoms with E-state index in [1.54, 1.807) is 0 Å². The standard InChI is InChI=1S/C21H25.C7H9.C2H6Si.2ClH.Hf/c1-20(2,3)16-7-9-18-14(12-16)11-15-13-17(21(4,5)6)8-10-19(15)18;1-2-7-5-3-4-6-7;1-3-2;;;/h7-13H,1-6H3;3,5H,2,4H2,1H3;1-2H3;2*1H;/q2*-1;;;;+2. The first kappa shape index (κ1) is 33.5. The molecule has 4 heteroatoms. The molecule has 3 aromatic carbocycles. The third-order valence-corrected chi connectivity index (χ3v) is 5.58. The van der Waals surface area contributed by atoms with E-state index in [4.69, 9.17) is 0 Å². The van der Waals surface area contributed by atoms with Crippen molar-refractivity contribution < 1.29 is 23.0 Å². The zero-order valence-electron chi connectivity index (χ0n) is 22.4. The Bertz CT molecular complexity index is 1070. The molecule has 34 heavy (non-hydrogen) atoms. The first-order chi connectivity index (χ1) is 14.8. The molecule has 4 rings (SSSR count). The van der Waals surface area contributed by atoms with Gasteiger partial charge in [-0.3, -0.25) is 6.08 Å². The van der Waals surface area contributed by atoms with Crippen molar-refractivity contribution in [1.29, 1.82) is 0 Å². The van der Waals surface area contributed by atoms with Crippen molar-refractivity contribution in [2.75, 3.05) is 0 Å². The van der Waals surface area contributed by atoms with Crippen LogP contribution in [0.25, 0.3) is 21.5 Å². The third kappa shape index (κ3) is 9.84. The van der Waals surface area contributed by atoms with Gasteiger partial charge in [0, 0.05) is 0 Å². The minimum absolute atomic E-state index is 0. The molecule has 0 fully saturated rings. The second-order valence-electron chi connectivity index (χ2n) is 10.9. The van der Waals surface area contributed by atoms with Crippen LogP contribution in [0, 0.1) is 6.08 Å². The van der Waals surface area contributed by atoms with Crippen LogP contribution >= 0.6 is 24.8 Å². The molecule has 0 atom stereocenters. The summed E-state index contributed by atoms with van der Waals surface area (Å²) in [7, 11) is 0. The number of hydrogen-bond donors (Lipinski definition) is 0. The van der Waals surface area contributed by atoms with E-state index in [1.807, 2.05) is 0 Å². The molecule has 1 aliphatic carbocycles. The molecule has 0 spiro atoms. The summed E-state index contributed by atoms with van der Waals surface area (Å²) >= 11 is 1.45. The van der Waals surface area contributed by atoms with Crippen molar-refractivity contribution in [3.63, 3.8) is 0 Å². The van der Waals surface area contributed by atoms with Crippen molar-refractivity contribution in [3.05, 3.63) is 77.4 Å². The predicted octanol–water partition coefficient (Wildman–Crippen LogP) is 10.0. The van der Waals surface area contributed by atoms with Crippen LogP contribution in [0.4, 0.5) is 0 Å². The Morgan fingerprint density at radius 3 is 1.53 bits per heavy atom. The molecule has 0 saturated heterocycles. The Hall–Kier alpha value is -0.543. The van der Waals surface area contributed by atoms with Crippen LogP contribution in [0.3, 0.4) is 0 Å². The molecule has 0 saturated carbocycles. The average Bonchev–Trinajstić information content (AvgIpc) is 3.33. The Kier molecular flexibility index (Phi) is 14.0. The van der Waals surface area contributed by atoms with Crippen molar-refractivity contribution >= 4 is 51.9 Å². The Morgan fingerprint density at radius 2 is 1.26 bits per heavy atom. The number of halogens is 2. The van der Waals surface area contributed by atoms with Gasteiger partial charge < -0.3 is 0 Å². The Balaban J connectivity index is 0.000000702. The number of fused-ring (bicyclic) bond motifs is 3. The van der Waals surface area contributed by atoms with Gasteiger partial charge in [-0.05, 0) is 10.8 Å². The second kappa shape index (κ2) is 14.3. The van der Waals surface area contributed by atoms with Crippen molar-refractivity contribution in [3.8, 4) is 0 Å². The monoisotopic (exact) mass is 680 g/mol. The van der Waals surface area contributed by atoms with Gasteiger partial charge in [0.1, 0.15) is 0 Å². The van der Waals surface area contributed by atoms with Crippen molar-refractivity contribution in [2.45, 2.75) is 85.2 Å². The van der Waals surface area contributed by atoms with Gasteiger partial charge in [-0.2, -0.15) is 6.08 Å². The van der Waals surface area contributed by atoms with Crippen LogP contribution in [0.1, 0.15) is 72.4 Å². The first-order valence-corrected chi connectivity index (χ1v) is 19.6. The summed E-state index contributed by atoms with van der Waals surface area (Å²) in [5.74, 6) is 0. The van der Waals surface area contributed by atoms with E-state index < -0.39 is 0 Å². The fraction of sp³-hybridized carbons (Fsp3) is 0.433. The van der Waals surface area contributed by atoms with Gasteiger partial charge >= 0.3 is 41.6 Å². The van der Waals surface area contributed by atoms with Crippen molar-refractivity contribution in [1.82, 2.24) is 0 Å². The normalized spacial score (nSPS) is 12.6. The smallest absolute Gasteiger partial charge is 0.147 e. The maximum atomic E-state index is 3.21. The van der Waals surface area contributed by atoms with E-state index in [-0.39, 0.29) is 41.1 Å². The molecule has 1 aliphatic rings. The number of allylic oxidation sites excluding steroid dienone is 4. The quantitative estimate of drug-likeness (QED) is 0.177. The molecular formula is C30H42Cl2HfSi. The molecule has 184 valence electrons. The third-order valence-electron chi connectivity index (χ3n) is 5.58. The average molecular weight is 680 g/mol. The van der Waals surface area contributed by atoms with E-state index in [2.05, 4.69) is 122 Å². The van der Waals surface area contributed by atoms with Crippen LogP contribution in [0.15, 0.2) is 60.2 Å². The molecule has 0 bridgehead atoms. The Morgan fingerprint density at radius 1 is 0.853 bits per heavy atom. The molecule has 0 heterocycles. The summed E-state index contributed by atoms with van der Waals surface area (Å²) in [4.78, 5) is 0. The SMILES string of the molecule is CC(C)(C)c1ccc2c(c1)[cH-]c1cc(C(C)(C)C)ccc12.CCC1=[C-]CC=C1.C[Si](C)=[Hf+2].Cl.Cl. The summed E-state index contributed by atoms with van der Waals surface area (Å²) < 4.78 is 0. The molecule has 0 unspecified atom stereocenters. The molecule has 0 nitrogen and oxygen atoms in total. The molecular weight excluding hydrogens is 638 g/mol. The van der Waals surface area contributed by atoms with E-state index in [0.29, 0.717) is 0 Å². The molecule has 0 aliphatic heterocycles. The fourth-order valence-corrected chi connectivity index (χ4v) is 3.65. The zero-order chi connectivity index (χ0) is 24.1. The molecule has 0 radical (unpaired) electrons. The van der Waals surface area contributed by atoms with E-state index in [9.17, 15) is 0 Å². The molecule has 0 amide bonds. The van der Waals surface area contributed by atoms with E-state index in [0.717, 1.165) is 12.8 Å². The van der Waals surface area contributed by atoms with Crippen LogP contribution in [-0.4, -0.2) is 5.49 Å². The van der Waals surface area contributed by atoms with Crippen molar-refractivity contribution in [2.24, 2.45) is 0 Å². The number of hydrogen-bond acceptors (Lipinski definition) is 0. The summed E-state index contributed by atoms with van der Waals surface area (Å²) in [6, 6.07) is 16.2. The topological polar surface area (TPSA) is 0 Å². The summed E-state index contributed by atoms with van der Waals surface area (Å²) in [6.07, 6.45) is 9.65. The van der Waals surface area contributed by atoms with Gasteiger partial charge in [-0.1, -0.05) is 90.3 Å². The largest absolute Gasteiger partial charge is 0.147 e. The molecule has 0 N–H and O–H groups in total. The number of benzene rings is 2. The Labute approximate surface area is 236 Å². The van der Waals surface area contributed by atoms with Crippen LogP contribution in [0.5, 0.6) is 0 Å². The van der Waals surface area contributed by atoms with Gasteiger partial charge in [0.25, 0.3) is 0 Å². The van der Waals surface area contributed by atoms with E-state index in [1.165, 1.54) is 61.2 Å². The maximum absolute atomic E-state index is 3.21. The predicted molar refractivity (Wildman–Crippen MR) is 157 cm³/mol. The first-order valence-electron chi connectivity index (χ1n) is 11.7. The van der Waals surface area contributed by atoms with Crippen LogP contribution in [0.2, 0.25) is 13.1 Å². The second-order valence-corrected chi connectivity index (χ2v) is 23.7. The minimum atomic E-state index is 0. The van der Waals surface area contributed by atoms with Crippen LogP contribution in [-0.2, 0) is 33.8 Å². The summed E-state index contributed by atoms with van der Waals surface area (Å²) in [5, 5.41) is 5.48. The van der Waals surface area contributed by atoms with Gasteiger partial charge in [0.2, 0.25) is 0 Å². The van der Waals surface area contributed by atoms with Gasteiger partial charge in [-0.25, -0.2) is 11.6 Å². The number of rotatable bonds is 1. The van der Waals surface area contributed by atoms with Gasteiger partial charge in [0.05, 0.1) is 0 Å². The van der Waals surface area contributed by atoms with E-state index >= 15 is 0 Å². The van der Waals surface area contributed by atoms with Crippen LogP contribution < -0.4 is 0 Å². The zero-order valence-corrected chi connectivity index (χ0v) is 28.7. The minimum Gasteiger partial charge on any atom is -0.147 e.